The SMILES string of the molecule is CCCN(CCOC)C(=O)C1=Cc2ccc(-c3ccc(C=O)cc3)cc2N=C(N)C1.CN1CCCC1. The molecule has 2 heterocycles. The molecule has 2 aromatic carbocycles. The van der Waals surface area contributed by atoms with Gasteiger partial charge in [-0.25, -0.2) is 4.99 Å². The largest absolute Gasteiger partial charge is 0.387 e. The van der Waals surface area contributed by atoms with Gasteiger partial charge in [-0.1, -0.05) is 43.3 Å². The maximum Gasteiger partial charge on any atom is 0.250 e. The van der Waals surface area contributed by atoms with E-state index in [-0.39, 0.29) is 5.91 Å². The van der Waals surface area contributed by atoms with E-state index >= 15 is 0 Å². The van der Waals surface area contributed by atoms with Crippen LogP contribution in [0.3, 0.4) is 0 Å². The van der Waals surface area contributed by atoms with Crippen LogP contribution in [0.25, 0.3) is 17.2 Å². The molecule has 7 heteroatoms. The smallest absolute Gasteiger partial charge is 0.250 e. The summed E-state index contributed by atoms with van der Waals surface area (Å²) in [6.07, 6.45) is 6.71. The van der Waals surface area contributed by atoms with Crippen LogP contribution in [0.15, 0.2) is 53.0 Å². The number of carbonyl (C=O) groups is 2. The molecule has 0 aromatic heterocycles. The second-order valence-corrected chi connectivity index (χ2v) is 9.26. The zero-order valence-corrected chi connectivity index (χ0v) is 21.7. The lowest BCUT2D eigenvalue weighted by atomic mass is 10.00. The van der Waals surface area contributed by atoms with Crippen molar-refractivity contribution in [2.75, 3.05) is 46.9 Å². The van der Waals surface area contributed by atoms with Crippen molar-refractivity contribution < 1.29 is 14.3 Å². The van der Waals surface area contributed by atoms with E-state index in [9.17, 15) is 9.59 Å². The number of fused-ring (bicyclic) bond motifs is 1. The Morgan fingerprint density at radius 1 is 1.11 bits per heavy atom. The highest BCUT2D eigenvalue weighted by atomic mass is 16.5. The molecule has 0 atom stereocenters. The fraction of sp³-hybridized carbons (Fsp3) is 0.414. The molecule has 0 aliphatic carbocycles. The Balaban J connectivity index is 0.000000526. The predicted octanol–water partition coefficient (Wildman–Crippen LogP) is 4.54. The molecule has 4 rings (SSSR count). The van der Waals surface area contributed by atoms with Gasteiger partial charge in [-0.2, -0.15) is 0 Å². The summed E-state index contributed by atoms with van der Waals surface area (Å²) >= 11 is 0. The summed E-state index contributed by atoms with van der Waals surface area (Å²) < 4.78 is 5.15. The van der Waals surface area contributed by atoms with Crippen LogP contribution in [-0.2, 0) is 9.53 Å². The summed E-state index contributed by atoms with van der Waals surface area (Å²) in [6, 6.07) is 13.3. The fourth-order valence-corrected chi connectivity index (χ4v) is 4.33. The van der Waals surface area contributed by atoms with Crippen LogP contribution < -0.4 is 5.73 Å². The minimum Gasteiger partial charge on any atom is -0.387 e. The van der Waals surface area contributed by atoms with Crippen molar-refractivity contribution in [2.24, 2.45) is 10.7 Å². The second kappa shape index (κ2) is 13.7. The zero-order chi connectivity index (χ0) is 25.9. The third-order valence-corrected chi connectivity index (χ3v) is 6.33. The van der Waals surface area contributed by atoms with E-state index in [1.165, 1.54) is 25.9 Å². The number of likely N-dealkylation sites (tertiary alicyclic amines) is 1. The van der Waals surface area contributed by atoms with Crippen LogP contribution in [-0.4, -0.2) is 74.8 Å². The number of nitrogens with zero attached hydrogens (tertiary/aromatic N) is 3. The molecule has 1 saturated heterocycles. The van der Waals surface area contributed by atoms with Crippen LogP contribution >= 0.6 is 0 Å². The minimum absolute atomic E-state index is 0.0339. The number of rotatable bonds is 8. The first-order valence-electron chi connectivity index (χ1n) is 12.6. The second-order valence-electron chi connectivity index (χ2n) is 9.26. The van der Waals surface area contributed by atoms with E-state index < -0.39 is 0 Å². The number of aldehydes is 1. The third-order valence-electron chi connectivity index (χ3n) is 6.33. The molecule has 0 unspecified atom stereocenters. The molecule has 0 saturated carbocycles. The molecule has 0 radical (unpaired) electrons. The summed E-state index contributed by atoms with van der Waals surface area (Å²) in [6.45, 7) is 6.38. The lowest BCUT2D eigenvalue weighted by Gasteiger charge is -2.23. The molecule has 0 bridgehead atoms. The molecule has 192 valence electrons. The molecule has 2 aromatic rings. The van der Waals surface area contributed by atoms with Crippen LogP contribution in [0.5, 0.6) is 0 Å². The molecule has 2 aliphatic rings. The van der Waals surface area contributed by atoms with Crippen molar-refractivity contribution in [1.82, 2.24) is 9.80 Å². The van der Waals surface area contributed by atoms with Gasteiger partial charge >= 0.3 is 0 Å². The van der Waals surface area contributed by atoms with Crippen molar-refractivity contribution >= 4 is 29.8 Å². The average molecular weight is 491 g/mol. The van der Waals surface area contributed by atoms with E-state index in [2.05, 4.69) is 16.9 Å². The van der Waals surface area contributed by atoms with Gasteiger partial charge in [0.25, 0.3) is 0 Å². The zero-order valence-electron chi connectivity index (χ0n) is 21.7. The Morgan fingerprint density at radius 2 is 1.81 bits per heavy atom. The van der Waals surface area contributed by atoms with Crippen molar-refractivity contribution in [3.05, 3.63) is 59.2 Å². The van der Waals surface area contributed by atoms with E-state index in [0.717, 1.165) is 35.1 Å². The van der Waals surface area contributed by atoms with Gasteiger partial charge in [-0.3, -0.25) is 9.59 Å². The molecule has 0 spiro atoms. The highest BCUT2D eigenvalue weighted by Crippen LogP contribution is 2.32. The first-order chi connectivity index (χ1) is 17.4. The first-order valence-corrected chi connectivity index (χ1v) is 12.6. The van der Waals surface area contributed by atoms with Crippen molar-refractivity contribution in [3.63, 3.8) is 0 Å². The Bertz CT molecular complexity index is 1090. The Morgan fingerprint density at radius 3 is 2.39 bits per heavy atom. The first kappa shape index (κ1) is 27.3. The summed E-state index contributed by atoms with van der Waals surface area (Å²) in [5, 5.41) is 0. The number of hydrogen-bond donors (Lipinski definition) is 1. The summed E-state index contributed by atoms with van der Waals surface area (Å²) in [4.78, 5) is 32.7. The molecule has 1 fully saturated rings. The summed E-state index contributed by atoms with van der Waals surface area (Å²) in [7, 11) is 3.80. The Hall–Kier alpha value is -3.29. The number of amides is 1. The molecule has 2 aliphatic heterocycles. The van der Waals surface area contributed by atoms with E-state index in [0.29, 0.717) is 43.1 Å². The summed E-state index contributed by atoms with van der Waals surface area (Å²) in [5.41, 5.74) is 10.9. The highest BCUT2D eigenvalue weighted by Gasteiger charge is 2.21. The lowest BCUT2D eigenvalue weighted by molar-refractivity contribution is -0.127. The number of nitrogens with two attached hydrogens (primary N) is 1. The number of aliphatic imine (C=N–C) groups is 1. The van der Waals surface area contributed by atoms with Gasteiger partial charge in [0.1, 0.15) is 12.1 Å². The van der Waals surface area contributed by atoms with Gasteiger partial charge in [-0.15, -0.1) is 0 Å². The van der Waals surface area contributed by atoms with Gasteiger partial charge in [-0.05, 0) is 62.7 Å². The fourth-order valence-electron chi connectivity index (χ4n) is 4.33. The van der Waals surface area contributed by atoms with E-state index in [1.807, 2.05) is 43.3 Å². The van der Waals surface area contributed by atoms with Crippen molar-refractivity contribution in [2.45, 2.75) is 32.6 Å². The number of methoxy groups -OCH3 is 1. The Labute approximate surface area is 214 Å². The maximum absolute atomic E-state index is 13.1. The minimum atomic E-state index is -0.0339. The van der Waals surface area contributed by atoms with Crippen LogP contribution in [0.2, 0.25) is 0 Å². The molecular weight excluding hydrogens is 452 g/mol. The van der Waals surface area contributed by atoms with E-state index in [4.69, 9.17) is 10.5 Å². The number of ether oxygens (including phenoxy) is 1. The molecule has 2 N–H and O–H groups in total. The molecule has 7 nitrogen and oxygen atoms in total. The quantitative estimate of drug-likeness (QED) is 0.549. The average Bonchev–Trinajstić information content (AvgIpc) is 3.30. The third kappa shape index (κ3) is 7.60. The van der Waals surface area contributed by atoms with Crippen LogP contribution in [0.1, 0.15) is 48.5 Å². The van der Waals surface area contributed by atoms with Gasteiger partial charge in [0.15, 0.2) is 0 Å². The van der Waals surface area contributed by atoms with Crippen LogP contribution in [0, 0.1) is 0 Å². The lowest BCUT2D eigenvalue weighted by Crippen LogP contribution is -2.36. The number of amidine groups is 1. The molecule has 36 heavy (non-hydrogen) atoms. The number of carbonyl (C=O) groups excluding carboxylic acids is 2. The van der Waals surface area contributed by atoms with Gasteiger partial charge in [0, 0.05) is 43.3 Å². The highest BCUT2D eigenvalue weighted by molar-refractivity contribution is 6.05. The van der Waals surface area contributed by atoms with Gasteiger partial charge in [0.2, 0.25) is 5.91 Å². The monoisotopic (exact) mass is 490 g/mol. The maximum atomic E-state index is 13.1. The van der Waals surface area contributed by atoms with Crippen molar-refractivity contribution in [1.29, 1.82) is 0 Å². The van der Waals surface area contributed by atoms with Gasteiger partial charge in [0.05, 0.1) is 12.3 Å². The number of hydrogen-bond acceptors (Lipinski definition) is 6. The Kier molecular flexibility index (Phi) is 10.4. The topological polar surface area (TPSA) is 88.2 Å². The standard InChI is InChI=1S/C24H27N3O3.C5H11N/c1-3-10-27(11-12-30-2)24(29)21-13-20-9-8-19(14-22(20)26-23(25)15-21)18-6-4-17(16-28)5-7-18;1-6-4-2-3-5-6/h4-9,13-14,16H,3,10-12,15H2,1-2H3,(H2,25,26);2-5H2,1H3. The van der Waals surface area contributed by atoms with Crippen molar-refractivity contribution in [3.8, 4) is 11.1 Å². The molecular formula is C29H38N4O3. The van der Waals surface area contributed by atoms with E-state index in [1.54, 1.807) is 24.1 Å². The predicted molar refractivity (Wildman–Crippen MR) is 147 cm³/mol. The number of benzene rings is 2. The molecule has 1 amide bonds. The normalized spacial score (nSPS) is 15.1. The van der Waals surface area contributed by atoms with Gasteiger partial charge < -0.3 is 20.3 Å². The van der Waals surface area contributed by atoms with Crippen LogP contribution in [0.4, 0.5) is 5.69 Å². The summed E-state index contributed by atoms with van der Waals surface area (Å²) in [5.74, 6) is 0.374.